The first-order valence-electron chi connectivity index (χ1n) is 7.22. The van der Waals surface area contributed by atoms with E-state index in [1.54, 1.807) is 7.11 Å². The second-order valence-electron chi connectivity index (χ2n) is 5.80. The molecule has 0 saturated heterocycles. The quantitative estimate of drug-likeness (QED) is 0.838. The Bertz CT molecular complexity index is 447. The van der Waals surface area contributed by atoms with Crippen molar-refractivity contribution in [2.45, 2.75) is 38.6 Å². The Morgan fingerprint density at radius 3 is 2.50 bits per heavy atom. The summed E-state index contributed by atoms with van der Waals surface area (Å²) < 4.78 is 5.13. The molecular weight excluding hydrogens is 252 g/mol. The number of carbonyl (C=O) groups excluding carboxylic acids is 1. The highest BCUT2D eigenvalue weighted by molar-refractivity contribution is 5.77. The standard InChI is InChI=1S/C16H24N2O2/c1-12(13-4-6-14(20-2)7-5-13)18-15(19)10-16(11-17)8-3-9-16/h4-7,12H,3,8-11,17H2,1-2H3,(H,18,19). The minimum Gasteiger partial charge on any atom is -0.497 e. The molecule has 3 N–H and O–H groups in total. The monoisotopic (exact) mass is 276 g/mol. The number of nitrogens with two attached hydrogens (primary N) is 1. The Labute approximate surface area is 120 Å². The van der Waals surface area contributed by atoms with Crippen LogP contribution in [0.3, 0.4) is 0 Å². The van der Waals surface area contributed by atoms with Gasteiger partial charge in [-0.15, -0.1) is 0 Å². The van der Waals surface area contributed by atoms with Crippen molar-refractivity contribution in [3.05, 3.63) is 29.8 Å². The van der Waals surface area contributed by atoms with Crippen molar-refractivity contribution in [2.75, 3.05) is 13.7 Å². The first-order valence-corrected chi connectivity index (χ1v) is 7.22. The summed E-state index contributed by atoms with van der Waals surface area (Å²) in [4.78, 5) is 12.1. The third-order valence-electron chi connectivity index (χ3n) is 4.38. The van der Waals surface area contributed by atoms with Crippen molar-refractivity contribution in [1.82, 2.24) is 5.32 Å². The Kier molecular flexibility index (Phi) is 4.65. The van der Waals surface area contributed by atoms with E-state index in [0.717, 1.165) is 24.2 Å². The van der Waals surface area contributed by atoms with E-state index in [-0.39, 0.29) is 17.4 Å². The van der Waals surface area contributed by atoms with Gasteiger partial charge in [0, 0.05) is 6.42 Å². The van der Waals surface area contributed by atoms with Gasteiger partial charge >= 0.3 is 0 Å². The molecule has 0 bridgehead atoms. The van der Waals surface area contributed by atoms with Gasteiger partial charge in [0.05, 0.1) is 13.2 Å². The second kappa shape index (κ2) is 6.27. The number of carbonyl (C=O) groups is 1. The predicted octanol–water partition coefficient (Wildman–Crippen LogP) is 2.39. The average Bonchev–Trinajstić information content (AvgIpc) is 2.43. The van der Waals surface area contributed by atoms with Crippen molar-refractivity contribution in [1.29, 1.82) is 0 Å². The molecular formula is C16H24N2O2. The summed E-state index contributed by atoms with van der Waals surface area (Å²) in [5, 5.41) is 3.06. The molecule has 4 nitrogen and oxygen atoms in total. The fourth-order valence-electron chi connectivity index (χ4n) is 2.74. The number of benzene rings is 1. The highest BCUT2D eigenvalue weighted by Gasteiger charge is 2.37. The Morgan fingerprint density at radius 2 is 2.05 bits per heavy atom. The zero-order valence-corrected chi connectivity index (χ0v) is 12.3. The largest absolute Gasteiger partial charge is 0.497 e. The summed E-state index contributed by atoms with van der Waals surface area (Å²) in [6.45, 7) is 2.60. The molecule has 2 rings (SSSR count). The number of hydrogen-bond donors (Lipinski definition) is 2. The van der Waals surface area contributed by atoms with Gasteiger partial charge in [0.25, 0.3) is 0 Å². The van der Waals surface area contributed by atoms with Crippen LogP contribution < -0.4 is 15.8 Å². The van der Waals surface area contributed by atoms with Gasteiger partial charge in [-0.3, -0.25) is 4.79 Å². The average molecular weight is 276 g/mol. The van der Waals surface area contributed by atoms with E-state index in [1.165, 1.54) is 6.42 Å². The number of amides is 1. The summed E-state index contributed by atoms with van der Waals surface area (Å²) in [6, 6.07) is 7.78. The van der Waals surface area contributed by atoms with Gasteiger partial charge in [0.15, 0.2) is 0 Å². The van der Waals surface area contributed by atoms with E-state index in [2.05, 4.69) is 5.32 Å². The molecule has 20 heavy (non-hydrogen) atoms. The van der Waals surface area contributed by atoms with E-state index in [4.69, 9.17) is 10.5 Å². The second-order valence-corrected chi connectivity index (χ2v) is 5.80. The normalized spacial score (nSPS) is 17.9. The molecule has 0 spiro atoms. The maximum atomic E-state index is 12.1. The van der Waals surface area contributed by atoms with Gasteiger partial charge in [-0.05, 0) is 49.4 Å². The Hall–Kier alpha value is -1.55. The minimum atomic E-state index is 0.00306. The van der Waals surface area contributed by atoms with E-state index in [9.17, 15) is 4.79 Å². The van der Waals surface area contributed by atoms with Crippen LogP contribution in [0.4, 0.5) is 0 Å². The molecule has 1 atom stereocenters. The third kappa shape index (κ3) is 3.31. The fraction of sp³-hybridized carbons (Fsp3) is 0.562. The molecule has 4 heteroatoms. The van der Waals surface area contributed by atoms with Crippen LogP contribution >= 0.6 is 0 Å². The molecule has 0 aromatic heterocycles. The van der Waals surface area contributed by atoms with Crippen LogP contribution in [-0.2, 0) is 4.79 Å². The Balaban J connectivity index is 1.89. The smallest absolute Gasteiger partial charge is 0.221 e. The molecule has 1 aromatic carbocycles. The topological polar surface area (TPSA) is 64.3 Å². The lowest BCUT2D eigenvalue weighted by Crippen LogP contribution is -2.42. The van der Waals surface area contributed by atoms with Crippen LogP contribution in [0.2, 0.25) is 0 Å². The lowest BCUT2D eigenvalue weighted by molar-refractivity contribution is -0.125. The summed E-state index contributed by atoms with van der Waals surface area (Å²) in [5.41, 5.74) is 6.93. The molecule has 1 aliphatic carbocycles. The first-order chi connectivity index (χ1) is 9.58. The van der Waals surface area contributed by atoms with Gasteiger partial charge in [0.1, 0.15) is 5.75 Å². The molecule has 1 aromatic rings. The van der Waals surface area contributed by atoms with Crippen molar-refractivity contribution in [2.24, 2.45) is 11.1 Å². The van der Waals surface area contributed by atoms with Gasteiger partial charge in [0.2, 0.25) is 5.91 Å². The van der Waals surface area contributed by atoms with E-state index in [1.807, 2.05) is 31.2 Å². The number of methoxy groups -OCH3 is 1. The Morgan fingerprint density at radius 1 is 1.40 bits per heavy atom. The molecule has 1 fully saturated rings. The molecule has 1 aliphatic rings. The van der Waals surface area contributed by atoms with E-state index < -0.39 is 0 Å². The van der Waals surface area contributed by atoms with Gasteiger partial charge < -0.3 is 15.8 Å². The summed E-state index contributed by atoms with van der Waals surface area (Å²) >= 11 is 0. The van der Waals surface area contributed by atoms with E-state index in [0.29, 0.717) is 13.0 Å². The van der Waals surface area contributed by atoms with Crippen LogP contribution in [0.1, 0.15) is 44.2 Å². The summed E-state index contributed by atoms with van der Waals surface area (Å²) in [6.07, 6.45) is 3.89. The first kappa shape index (κ1) is 14.9. The third-order valence-corrected chi connectivity index (χ3v) is 4.38. The zero-order valence-electron chi connectivity index (χ0n) is 12.3. The summed E-state index contributed by atoms with van der Waals surface area (Å²) in [5.74, 6) is 0.919. The van der Waals surface area contributed by atoms with Gasteiger partial charge in [-0.2, -0.15) is 0 Å². The lowest BCUT2D eigenvalue weighted by atomic mass is 9.66. The van der Waals surface area contributed by atoms with Crippen LogP contribution in [0.15, 0.2) is 24.3 Å². The fourth-order valence-corrected chi connectivity index (χ4v) is 2.74. The van der Waals surface area contributed by atoms with E-state index >= 15 is 0 Å². The van der Waals surface area contributed by atoms with Crippen molar-refractivity contribution in [3.8, 4) is 5.75 Å². The molecule has 1 saturated carbocycles. The van der Waals surface area contributed by atoms with Gasteiger partial charge in [-0.25, -0.2) is 0 Å². The molecule has 1 amide bonds. The van der Waals surface area contributed by atoms with Crippen molar-refractivity contribution in [3.63, 3.8) is 0 Å². The molecule has 1 unspecified atom stereocenters. The van der Waals surface area contributed by atoms with Crippen LogP contribution in [0, 0.1) is 5.41 Å². The van der Waals surface area contributed by atoms with Crippen LogP contribution in [0.5, 0.6) is 5.75 Å². The highest BCUT2D eigenvalue weighted by Crippen LogP contribution is 2.42. The number of rotatable bonds is 6. The molecule has 0 aliphatic heterocycles. The maximum Gasteiger partial charge on any atom is 0.221 e. The summed E-state index contributed by atoms with van der Waals surface area (Å²) in [7, 11) is 1.64. The SMILES string of the molecule is COc1ccc(C(C)NC(=O)CC2(CN)CCC2)cc1. The van der Waals surface area contributed by atoms with Gasteiger partial charge in [-0.1, -0.05) is 18.6 Å². The molecule has 0 heterocycles. The molecule has 110 valence electrons. The highest BCUT2D eigenvalue weighted by atomic mass is 16.5. The minimum absolute atomic E-state index is 0.00306. The zero-order chi connectivity index (χ0) is 14.6. The maximum absolute atomic E-state index is 12.1. The van der Waals surface area contributed by atoms with Crippen LogP contribution in [-0.4, -0.2) is 19.6 Å². The van der Waals surface area contributed by atoms with Crippen LogP contribution in [0.25, 0.3) is 0 Å². The molecule has 0 radical (unpaired) electrons. The predicted molar refractivity (Wildman–Crippen MR) is 79.5 cm³/mol. The lowest BCUT2D eigenvalue weighted by Gasteiger charge is -2.40. The number of hydrogen-bond acceptors (Lipinski definition) is 3. The number of ether oxygens (including phenoxy) is 1. The van der Waals surface area contributed by atoms with Crippen molar-refractivity contribution < 1.29 is 9.53 Å². The number of nitrogens with one attached hydrogen (secondary N) is 1. The van der Waals surface area contributed by atoms with Crippen molar-refractivity contribution >= 4 is 5.91 Å².